The molecule has 1 aliphatic rings. The first-order valence-electron chi connectivity index (χ1n) is 4.76. The zero-order chi connectivity index (χ0) is 10.1. The maximum absolute atomic E-state index is 11.6. The van der Waals surface area contributed by atoms with Gasteiger partial charge in [-0.2, -0.15) is 0 Å². The summed E-state index contributed by atoms with van der Waals surface area (Å²) in [5.41, 5.74) is -0.0515. The lowest BCUT2D eigenvalue weighted by atomic mass is 9.89. The van der Waals surface area contributed by atoms with Crippen molar-refractivity contribution in [2.24, 2.45) is 5.41 Å². The Morgan fingerprint density at radius 2 is 2.08 bits per heavy atom. The van der Waals surface area contributed by atoms with E-state index in [4.69, 9.17) is 0 Å². The first-order chi connectivity index (χ1) is 5.87. The molecule has 0 spiro atoms. The molecule has 0 amide bonds. The quantitative estimate of drug-likeness (QED) is 0.634. The number of sulfone groups is 1. The molecule has 1 unspecified atom stereocenters. The summed E-state index contributed by atoms with van der Waals surface area (Å²) in [6, 6.07) is 0. The van der Waals surface area contributed by atoms with Gasteiger partial charge in [0.05, 0.1) is 11.5 Å². The molecule has 1 aliphatic heterocycles. The minimum atomic E-state index is -2.81. The van der Waals surface area contributed by atoms with Crippen LogP contribution in [-0.2, 0) is 9.84 Å². The number of nitrogens with zero attached hydrogens (tertiary/aromatic N) is 1. The van der Waals surface area contributed by atoms with E-state index in [0.717, 1.165) is 13.0 Å². The molecule has 0 aromatic rings. The average molecular weight is 205 g/mol. The maximum Gasteiger partial charge on any atom is 0.152 e. The van der Waals surface area contributed by atoms with Gasteiger partial charge in [0.25, 0.3) is 0 Å². The second-order valence-corrected chi connectivity index (χ2v) is 6.68. The van der Waals surface area contributed by atoms with Gasteiger partial charge in [-0.3, -0.25) is 0 Å². The highest BCUT2D eigenvalue weighted by molar-refractivity contribution is 7.91. The van der Waals surface area contributed by atoms with Crippen LogP contribution in [0.5, 0.6) is 0 Å². The van der Waals surface area contributed by atoms with Crippen LogP contribution in [-0.4, -0.2) is 45.0 Å². The number of hydrogen-bond donors (Lipinski definition) is 0. The van der Waals surface area contributed by atoms with Gasteiger partial charge in [0.15, 0.2) is 9.84 Å². The Hall–Kier alpha value is -0.0900. The molecule has 1 heterocycles. The highest BCUT2D eigenvalue weighted by Gasteiger charge is 2.33. The van der Waals surface area contributed by atoms with Crippen LogP contribution in [0.15, 0.2) is 0 Å². The molecule has 78 valence electrons. The Morgan fingerprint density at radius 1 is 1.46 bits per heavy atom. The standard InChI is InChI=1S/C9H19NO2S/c1-4-9(2)7-10(3)5-6-13(11,12)8-9/h4-8H2,1-3H3. The van der Waals surface area contributed by atoms with E-state index in [9.17, 15) is 8.42 Å². The minimum Gasteiger partial charge on any atom is -0.305 e. The molecule has 3 nitrogen and oxygen atoms in total. The van der Waals surface area contributed by atoms with Crippen LogP contribution in [0.2, 0.25) is 0 Å². The topological polar surface area (TPSA) is 37.4 Å². The van der Waals surface area contributed by atoms with E-state index in [-0.39, 0.29) is 5.41 Å². The third-order valence-corrected chi connectivity index (χ3v) is 4.80. The molecule has 0 aromatic carbocycles. The van der Waals surface area contributed by atoms with Crippen LogP contribution in [0.4, 0.5) is 0 Å². The lowest BCUT2D eigenvalue weighted by Crippen LogP contribution is -2.34. The van der Waals surface area contributed by atoms with E-state index in [1.165, 1.54) is 0 Å². The van der Waals surface area contributed by atoms with E-state index < -0.39 is 9.84 Å². The molecule has 0 aliphatic carbocycles. The summed E-state index contributed by atoms with van der Waals surface area (Å²) in [4.78, 5) is 2.12. The van der Waals surface area contributed by atoms with Gasteiger partial charge in [-0.25, -0.2) is 8.42 Å². The van der Waals surface area contributed by atoms with Crippen LogP contribution >= 0.6 is 0 Å². The third kappa shape index (κ3) is 2.95. The summed E-state index contributed by atoms with van der Waals surface area (Å²) in [7, 11) is -0.819. The molecular formula is C9H19NO2S. The van der Waals surface area contributed by atoms with Gasteiger partial charge in [0.1, 0.15) is 0 Å². The molecule has 0 bridgehead atoms. The zero-order valence-electron chi connectivity index (χ0n) is 8.71. The van der Waals surface area contributed by atoms with Crippen molar-refractivity contribution in [1.29, 1.82) is 0 Å². The Morgan fingerprint density at radius 3 is 2.62 bits per heavy atom. The second kappa shape index (κ2) is 3.58. The zero-order valence-corrected chi connectivity index (χ0v) is 9.52. The summed E-state index contributed by atoms with van der Waals surface area (Å²) < 4.78 is 23.1. The van der Waals surface area contributed by atoms with Crippen molar-refractivity contribution in [2.45, 2.75) is 20.3 Å². The smallest absolute Gasteiger partial charge is 0.152 e. The highest BCUT2D eigenvalue weighted by atomic mass is 32.2. The number of hydrogen-bond acceptors (Lipinski definition) is 3. The van der Waals surface area contributed by atoms with Crippen LogP contribution in [0.3, 0.4) is 0 Å². The third-order valence-electron chi connectivity index (χ3n) is 2.86. The molecule has 1 atom stereocenters. The fraction of sp³-hybridized carbons (Fsp3) is 1.00. The van der Waals surface area contributed by atoms with Crippen molar-refractivity contribution in [1.82, 2.24) is 4.90 Å². The fourth-order valence-electron chi connectivity index (χ4n) is 1.89. The van der Waals surface area contributed by atoms with Gasteiger partial charge >= 0.3 is 0 Å². The van der Waals surface area contributed by atoms with Crippen molar-refractivity contribution in [2.75, 3.05) is 31.6 Å². The van der Waals surface area contributed by atoms with Gasteiger partial charge < -0.3 is 4.90 Å². The van der Waals surface area contributed by atoms with Crippen LogP contribution < -0.4 is 0 Å². The molecular weight excluding hydrogens is 186 g/mol. The molecule has 0 aromatic heterocycles. The van der Waals surface area contributed by atoms with Crippen molar-refractivity contribution in [3.8, 4) is 0 Å². The van der Waals surface area contributed by atoms with Gasteiger partial charge in [-0.15, -0.1) is 0 Å². The number of rotatable bonds is 1. The highest BCUT2D eigenvalue weighted by Crippen LogP contribution is 2.26. The van der Waals surface area contributed by atoms with Crippen molar-refractivity contribution in [3.63, 3.8) is 0 Å². The molecule has 1 saturated heterocycles. The van der Waals surface area contributed by atoms with E-state index in [1.807, 2.05) is 7.05 Å². The van der Waals surface area contributed by atoms with Crippen LogP contribution in [0.1, 0.15) is 20.3 Å². The monoisotopic (exact) mass is 205 g/mol. The van der Waals surface area contributed by atoms with Gasteiger partial charge in [0.2, 0.25) is 0 Å². The Bertz CT molecular complexity index is 273. The molecule has 4 heteroatoms. The Kier molecular flexibility index (Phi) is 3.02. The summed E-state index contributed by atoms with van der Waals surface area (Å²) in [6.07, 6.45) is 0.927. The van der Waals surface area contributed by atoms with E-state index in [0.29, 0.717) is 18.1 Å². The summed E-state index contributed by atoms with van der Waals surface area (Å²) in [5, 5.41) is 0. The largest absolute Gasteiger partial charge is 0.305 e. The predicted molar refractivity (Wildman–Crippen MR) is 54.5 cm³/mol. The maximum atomic E-state index is 11.6. The van der Waals surface area contributed by atoms with Crippen LogP contribution in [0, 0.1) is 5.41 Å². The molecule has 0 saturated carbocycles. The van der Waals surface area contributed by atoms with Crippen LogP contribution in [0.25, 0.3) is 0 Å². The lowest BCUT2D eigenvalue weighted by Gasteiger charge is -2.28. The Labute approximate surface area is 81.0 Å². The summed E-state index contributed by atoms with van der Waals surface area (Å²) >= 11 is 0. The molecule has 1 rings (SSSR count). The second-order valence-electron chi connectivity index (χ2n) is 4.49. The van der Waals surface area contributed by atoms with Crippen molar-refractivity contribution < 1.29 is 8.42 Å². The fourth-order valence-corrected chi connectivity index (χ4v) is 3.98. The molecule has 13 heavy (non-hydrogen) atoms. The van der Waals surface area contributed by atoms with Gasteiger partial charge in [-0.1, -0.05) is 13.8 Å². The Balaban J connectivity index is 2.87. The van der Waals surface area contributed by atoms with Crippen molar-refractivity contribution >= 4 is 9.84 Å². The summed E-state index contributed by atoms with van der Waals surface area (Å²) in [6.45, 7) is 5.70. The van der Waals surface area contributed by atoms with Gasteiger partial charge in [0, 0.05) is 13.1 Å². The predicted octanol–water partition coefficient (Wildman–Crippen LogP) is 0.763. The normalized spacial score (nSPS) is 35.6. The first kappa shape index (κ1) is 11.0. The lowest BCUT2D eigenvalue weighted by molar-refractivity contribution is 0.222. The van der Waals surface area contributed by atoms with E-state index in [2.05, 4.69) is 18.7 Å². The summed E-state index contributed by atoms with van der Waals surface area (Å²) in [5.74, 6) is 0.667. The first-order valence-corrected chi connectivity index (χ1v) is 6.58. The molecule has 0 radical (unpaired) electrons. The van der Waals surface area contributed by atoms with E-state index in [1.54, 1.807) is 0 Å². The average Bonchev–Trinajstić information content (AvgIpc) is 2.09. The molecule has 1 fully saturated rings. The molecule has 0 N–H and O–H groups in total. The van der Waals surface area contributed by atoms with E-state index >= 15 is 0 Å². The van der Waals surface area contributed by atoms with Crippen molar-refractivity contribution in [3.05, 3.63) is 0 Å². The minimum absolute atomic E-state index is 0.0515. The SMILES string of the molecule is CCC1(C)CN(C)CCS(=O)(=O)C1. The van der Waals surface area contributed by atoms with Gasteiger partial charge in [-0.05, 0) is 18.9 Å².